The molecule has 1 saturated heterocycles. The summed E-state index contributed by atoms with van der Waals surface area (Å²) in [5.41, 5.74) is 1.24. The van der Waals surface area contributed by atoms with Crippen molar-refractivity contribution in [2.75, 3.05) is 19.7 Å². The van der Waals surface area contributed by atoms with E-state index in [9.17, 15) is 4.79 Å². The van der Waals surface area contributed by atoms with Crippen LogP contribution in [0.2, 0.25) is 0 Å². The summed E-state index contributed by atoms with van der Waals surface area (Å²) < 4.78 is 9.95. The van der Waals surface area contributed by atoms with Crippen LogP contribution in [0, 0.1) is 4.77 Å². The molecule has 2 fully saturated rings. The maximum Gasteiger partial charge on any atom is 0.407 e. The quantitative estimate of drug-likeness (QED) is 0.701. The van der Waals surface area contributed by atoms with E-state index in [2.05, 4.69) is 39.0 Å². The smallest absolute Gasteiger partial charge is 0.407 e. The molecule has 2 aromatic rings. The number of piperidine rings is 1. The first-order valence-corrected chi connectivity index (χ1v) is 10.9. The maximum atomic E-state index is 11.7. The highest BCUT2D eigenvalue weighted by Crippen LogP contribution is 2.39. The second-order valence-electron chi connectivity index (χ2n) is 7.91. The monoisotopic (exact) mass is 415 g/mol. The lowest BCUT2D eigenvalue weighted by Crippen LogP contribution is -2.48. The van der Waals surface area contributed by atoms with E-state index in [0.29, 0.717) is 19.2 Å². The molecule has 0 spiro atoms. The van der Waals surface area contributed by atoms with Gasteiger partial charge in [0.15, 0.2) is 4.77 Å². The van der Waals surface area contributed by atoms with Crippen molar-refractivity contribution >= 4 is 18.3 Å². The lowest BCUT2D eigenvalue weighted by molar-refractivity contribution is 0.121. The van der Waals surface area contributed by atoms with Crippen molar-refractivity contribution in [3.8, 4) is 0 Å². The number of carbonyl (C=O) groups is 1. The summed E-state index contributed by atoms with van der Waals surface area (Å²) in [7, 11) is 0. The molecule has 1 unspecified atom stereocenters. The van der Waals surface area contributed by atoms with Crippen molar-refractivity contribution in [1.29, 1.82) is 0 Å². The average Bonchev–Trinajstić information content (AvgIpc) is 3.51. The average molecular weight is 416 g/mol. The molecule has 2 aliphatic rings. The van der Waals surface area contributed by atoms with E-state index in [0.717, 1.165) is 43.1 Å². The summed E-state index contributed by atoms with van der Waals surface area (Å²) in [5, 5.41) is 7.86. The van der Waals surface area contributed by atoms with Crippen molar-refractivity contribution < 1.29 is 9.53 Å². The molecule has 156 valence electrons. The molecule has 1 aromatic carbocycles. The van der Waals surface area contributed by atoms with E-state index in [1.54, 1.807) is 0 Å². The first-order valence-electron chi connectivity index (χ1n) is 10.5. The Labute approximate surface area is 176 Å². The van der Waals surface area contributed by atoms with Crippen LogP contribution in [0.3, 0.4) is 0 Å². The predicted octanol–water partition coefficient (Wildman–Crippen LogP) is 3.51. The highest BCUT2D eigenvalue weighted by molar-refractivity contribution is 7.71. The Bertz CT molecular complexity index is 890. The lowest BCUT2D eigenvalue weighted by atomic mass is 10.1. The van der Waals surface area contributed by atoms with E-state index >= 15 is 0 Å². The molecule has 0 bridgehead atoms. The third kappa shape index (κ3) is 5.05. The normalized spacial score (nSPS) is 19.8. The molecule has 8 heteroatoms. The number of alkyl carbamates (subject to hydrolysis) is 1. The van der Waals surface area contributed by atoms with Crippen molar-refractivity contribution in [2.24, 2.45) is 0 Å². The molecule has 1 N–H and O–H groups in total. The molecule has 4 rings (SSSR count). The third-order valence-corrected chi connectivity index (χ3v) is 5.95. The van der Waals surface area contributed by atoms with E-state index in [4.69, 9.17) is 22.1 Å². The Hall–Kier alpha value is -2.19. The van der Waals surface area contributed by atoms with E-state index < -0.39 is 0 Å². The number of aromatic nitrogens is 3. The second-order valence-corrected chi connectivity index (χ2v) is 8.27. The number of ether oxygens (including phenoxy) is 1. The van der Waals surface area contributed by atoms with Crippen LogP contribution in [-0.2, 0) is 18.0 Å². The number of hydrogen-bond acceptors (Lipinski definition) is 5. The number of amides is 1. The van der Waals surface area contributed by atoms with Gasteiger partial charge >= 0.3 is 6.09 Å². The van der Waals surface area contributed by atoms with Crippen LogP contribution in [0.25, 0.3) is 0 Å². The number of likely N-dealkylation sites (tertiary alicyclic amines) is 1. The fourth-order valence-electron chi connectivity index (χ4n) is 3.94. The molecule has 1 aliphatic heterocycles. The van der Waals surface area contributed by atoms with Crippen molar-refractivity contribution in [2.45, 2.75) is 57.8 Å². The molecule has 1 aliphatic carbocycles. The summed E-state index contributed by atoms with van der Waals surface area (Å²) in [6.07, 6.45) is 4.05. The number of benzene rings is 1. The largest absolute Gasteiger partial charge is 0.450 e. The van der Waals surface area contributed by atoms with Gasteiger partial charge in [0.05, 0.1) is 19.8 Å². The molecule has 1 atom stereocenters. The Morgan fingerprint density at radius 2 is 2.07 bits per heavy atom. The van der Waals surface area contributed by atoms with Crippen molar-refractivity contribution in [3.05, 3.63) is 46.5 Å². The highest BCUT2D eigenvalue weighted by atomic mass is 32.1. The molecular formula is C21H29N5O2S. The van der Waals surface area contributed by atoms with Gasteiger partial charge in [-0.3, -0.25) is 9.47 Å². The molecule has 0 radical (unpaired) electrons. The van der Waals surface area contributed by atoms with Gasteiger partial charge in [0, 0.05) is 25.0 Å². The molecule has 2 heterocycles. The minimum absolute atomic E-state index is 0.103. The van der Waals surface area contributed by atoms with Crippen molar-refractivity contribution in [1.82, 2.24) is 24.6 Å². The number of rotatable bonds is 7. The van der Waals surface area contributed by atoms with Crippen LogP contribution in [0.4, 0.5) is 4.79 Å². The van der Waals surface area contributed by atoms with Crippen LogP contribution >= 0.6 is 12.2 Å². The fourth-order valence-corrected chi connectivity index (χ4v) is 4.20. The van der Waals surface area contributed by atoms with Crippen LogP contribution < -0.4 is 5.32 Å². The SMILES string of the molecule is CCOC(=O)NC1CCCN(Cn2nc(C3CC3)n(Cc3ccccc3)c2=S)C1. The molecule has 7 nitrogen and oxygen atoms in total. The molecule has 1 aromatic heterocycles. The minimum Gasteiger partial charge on any atom is -0.450 e. The van der Waals surface area contributed by atoms with Gasteiger partial charge in [-0.05, 0) is 50.4 Å². The molecule has 1 saturated carbocycles. The summed E-state index contributed by atoms with van der Waals surface area (Å²) in [6, 6.07) is 10.5. The number of carbonyl (C=O) groups excluding carboxylic acids is 1. The lowest BCUT2D eigenvalue weighted by Gasteiger charge is -2.32. The summed E-state index contributed by atoms with van der Waals surface area (Å²) in [5.74, 6) is 1.64. The van der Waals surface area contributed by atoms with E-state index in [1.807, 2.05) is 17.7 Å². The maximum absolute atomic E-state index is 11.7. The fraction of sp³-hybridized carbons (Fsp3) is 0.571. The van der Waals surface area contributed by atoms with Gasteiger partial charge in [-0.15, -0.1) is 0 Å². The predicted molar refractivity (Wildman–Crippen MR) is 113 cm³/mol. The van der Waals surface area contributed by atoms with Crippen LogP contribution in [-0.4, -0.2) is 51.1 Å². The van der Waals surface area contributed by atoms with Gasteiger partial charge in [-0.2, -0.15) is 5.10 Å². The Morgan fingerprint density at radius 1 is 1.28 bits per heavy atom. The summed E-state index contributed by atoms with van der Waals surface area (Å²) in [4.78, 5) is 14.1. The zero-order valence-corrected chi connectivity index (χ0v) is 17.7. The van der Waals surface area contributed by atoms with E-state index in [1.165, 1.54) is 18.4 Å². The minimum atomic E-state index is -0.334. The molecular weight excluding hydrogens is 386 g/mol. The first kappa shape index (κ1) is 20.1. The van der Waals surface area contributed by atoms with Gasteiger partial charge < -0.3 is 10.1 Å². The second kappa shape index (κ2) is 9.09. The Kier molecular flexibility index (Phi) is 6.30. The van der Waals surface area contributed by atoms with Crippen LogP contribution in [0.5, 0.6) is 0 Å². The first-order chi connectivity index (χ1) is 14.1. The summed E-state index contributed by atoms with van der Waals surface area (Å²) in [6.45, 7) is 5.38. The Balaban J connectivity index is 1.46. The standard InChI is InChI=1S/C21H29N5O2S/c1-2-28-20(27)22-18-9-6-12-24(14-18)15-26-21(29)25(19(23-26)17-10-11-17)13-16-7-4-3-5-8-16/h3-5,7-8,17-18H,2,6,9-15H2,1H3,(H,22,27). The highest BCUT2D eigenvalue weighted by Gasteiger charge is 2.31. The van der Waals surface area contributed by atoms with Crippen LogP contribution in [0.15, 0.2) is 30.3 Å². The van der Waals surface area contributed by atoms with E-state index in [-0.39, 0.29) is 12.1 Å². The number of nitrogens with one attached hydrogen (secondary N) is 1. The zero-order chi connectivity index (χ0) is 20.2. The van der Waals surface area contributed by atoms with Gasteiger partial charge in [-0.1, -0.05) is 30.3 Å². The Morgan fingerprint density at radius 3 is 2.79 bits per heavy atom. The van der Waals surface area contributed by atoms with Gasteiger partial charge in [0.1, 0.15) is 5.82 Å². The summed E-state index contributed by atoms with van der Waals surface area (Å²) >= 11 is 5.81. The topological polar surface area (TPSA) is 64.3 Å². The zero-order valence-electron chi connectivity index (χ0n) is 16.9. The third-order valence-electron chi connectivity index (χ3n) is 5.51. The number of nitrogens with zero attached hydrogens (tertiary/aromatic N) is 4. The van der Waals surface area contributed by atoms with Gasteiger partial charge in [-0.25, -0.2) is 9.48 Å². The van der Waals surface area contributed by atoms with Crippen LogP contribution in [0.1, 0.15) is 49.9 Å². The molecule has 1 amide bonds. The van der Waals surface area contributed by atoms with Gasteiger partial charge in [0.25, 0.3) is 0 Å². The van der Waals surface area contributed by atoms with Crippen molar-refractivity contribution in [3.63, 3.8) is 0 Å². The molecule has 29 heavy (non-hydrogen) atoms. The van der Waals surface area contributed by atoms with Gasteiger partial charge in [0.2, 0.25) is 0 Å². The number of hydrogen-bond donors (Lipinski definition) is 1.